The molecule has 1 aromatic carbocycles. The maximum Gasteiger partial charge on any atom is 0.514 e. The van der Waals surface area contributed by atoms with E-state index in [1.807, 2.05) is 27.7 Å². The summed E-state index contributed by atoms with van der Waals surface area (Å²) in [4.78, 5) is 21.6. The van der Waals surface area contributed by atoms with E-state index in [1.165, 1.54) is 24.3 Å². The van der Waals surface area contributed by atoms with Crippen molar-refractivity contribution in [2.45, 2.75) is 39.7 Å². The van der Waals surface area contributed by atoms with Crippen LogP contribution in [0, 0.1) is 16.0 Å². The van der Waals surface area contributed by atoms with E-state index in [-0.39, 0.29) is 11.4 Å². The first-order chi connectivity index (χ1) is 9.19. The predicted molar refractivity (Wildman–Crippen MR) is 73.7 cm³/mol. The van der Waals surface area contributed by atoms with Crippen molar-refractivity contribution in [3.63, 3.8) is 0 Å². The zero-order valence-corrected chi connectivity index (χ0v) is 12.1. The van der Waals surface area contributed by atoms with Crippen LogP contribution in [0.15, 0.2) is 24.3 Å². The highest BCUT2D eigenvalue weighted by molar-refractivity contribution is 5.64. The van der Waals surface area contributed by atoms with Gasteiger partial charge in [0.2, 0.25) is 0 Å². The molecule has 0 saturated carbocycles. The van der Waals surface area contributed by atoms with Crippen LogP contribution in [-0.2, 0) is 4.74 Å². The summed E-state index contributed by atoms with van der Waals surface area (Å²) in [6.45, 7) is 7.69. The van der Waals surface area contributed by atoms with Gasteiger partial charge in [0.1, 0.15) is 11.4 Å². The first-order valence-corrected chi connectivity index (χ1v) is 6.35. The molecular weight excluding hydrogens is 262 g/mol. The van der Waals surface area contributed by atoms with E-state index in [2.05, 4.69) is 0 Å². The number of carbonyl (C=O) groups is 1. The molecule has 0 amide bonds. The fraction of sp³-hybridized carbons (Fsp3) is 0.500. The molecule has 1 rings (SSSR count). The van der Waals surface area contributed by atoms with Crippen molar-refractivity contribution in [2.24, 2.45) is 5.92 Å². The lowest BCUT2D eigenvalue weighted by Gasteiger charge is -2.26. The topological polar surface area (TPSA) is 78.7 Å². The molecule has 6 heteroatoms. The SMILES string of the molecule is CC(C)CC(C)(C)OC(=O)Oc1ccc([N+](=O)[O-])cc1. The van der Waals surface area contributed by atoms with Crippen LogP contribution in [0.1, 0.15) is 34.1 Å². The number of non-ortho nitro benzene ring substituents is 1. The van der Waals surface area contributed by atoms with Gasteiger partial charge in [0.05, 0.1) is 4.92 Å². The molecule has 0 saturated heterocycles. The number of hydrogen-bond donors (Lipinski definition) is 0. The van der Waals surface area contributed by atoms with Crippen molar-refractivity contribution >= 4 is 11.8 Å². The molecule has 0 spiro atoms. The second kappa shape index (κ2) is 6.36. The Morgan fingerprint density at radius 3 is 2.30 bits per heavy atom. The molecule has 1 aromatic rings. The van der Waals surface area contributed by atoms with Gasteiger partial charge in [0.15, 0.2) is 0 Å². The number of carbonyl (C=O) groups excluding carboxylic acids is 1. The van der Waals surface area contributed by atoms with Crippen LogP contribution in [0.2, 0.25) is 0 Å². The third kappa shape index (κ3) is 5.26. The fourth-order valence-electron chi connectivity index (χ4n) is 2.00. The molecule has 6 nitrogen and oxygen atoms in total. The molecule has 0 aliphatic carbocycles. The van der Waals surface area contributed by atoms with E-state index in [9.17, 15) is 14.9 Å². The Hall–Kier alpha value is -2.11. The van der Waals surface area contributed by atoms with Crippen LogP contribution in [0.5, 0.6) is 5.75 Å². The van der Waals surface area contributed by atoms with Crippen LogP contribution in [-0.4, -0.2) is 16.7 Å². The number of nitro benzene ring substituents is 1. The first-order valence-electron chi connectivity index (χ1n) is 6.35. The van der Waals surface area contributed by atoms with Gasteiger partial charge in [-0.3, -0.25) is 10.1 Å². The standard InChI is InChI=1S/C14H19NO5/c1-10(2)9-14(3,4)20-13(16)19-12-7-5-11(6-8-12)15(17)18/h5-8,10H,9H2,1-4H3. The monoisotopic (exact) mass is 281 g/mol. The van der Waals surface area contributed by atoms with Crippen LogP contribution >= 0.6 is 0 Å². The molecule has 0 aliphatic heterocycles. The van der Waals surface area contributed by atoms with E-state index in [1.54, 1.807) is 0 Å². The van der Waals surface area contributed by atoms with E-state index in [4.69, 9.17) is 9.47 Å². The highest BCUT2D eigenvalue weighted by Gasteiger charge is 2.25. The van der Waals surface area contributed by atoms with E-state index in [0.29, 0.717) is 12.3 Å². The maximum atomic E-state index is 11.7. The van der Waals surface area contributed by atoms with Crippen LogP contribution in [0.3, 0.4) is 0 Å². The zero-order chi connectivity index (χ0) is 15.3. The van der Waals surface area contributed by atoms with Gasteiger partial charge in [-0.15, -0.1) is 0 Å². The molecular formula is C14H19NO5. The van der Waals surface area contributed by atoms with Crippen LogP contribution < -0.4 is 4.74 Å². The number of benzene rings is 1. The summed E-state index contributed by atoms with van der Waals surface area (Å²) in [6.07, 6.45) is -0.105. The molecule has 110 valence electrons. The predicted octanol–water partition coefficient (Wildman–Crippen LogP) is 3.93. The fourth-order valence-corrected chi connectivity index (χ4v) is 2.00. The van der Waals surface area contributed by atoms with E-state index < -0.39 is 16.7 Å². The second-order valence-corrected chi connectivity index (χ2v) is 5.56. The minimum atomic E-state index is -0.815. The third-order valence-corrected chi connectivity index (χ3v) is 2.51. The average Bonchev–Trinajstić information content (AvgIpc) is 2.26. The Morgan fingerprint density at radius 1 is 1.30 bits per heavy atom. The summed E-state index contributed by atoms with van der Waals surface area (Å²) < 4.78 is 10.2. The summed E-state index contributed by atoms with van der Waals surface area (Å²) in [5.74, 6) is 0.595. The molecule has 0 fully saturated rings. The number of rotatable bonds is 5. The Bertz CT molecular complexity index is 479. The van der Waals surface area contributed by atoms with E-state index >= 15 is 0 Å². The average molecular weight is 281 g/mol. The summed E-state index contributed by atoms with van der Waals surface area (Å²) in [6, 6.07) is 5.24. The Labute approximate surface area is 117 Å². The normalized spacial score (nSPS) is 11.2. The molecule has 0 heterocycles. The van der Waals surface area contributed by atoms with Crippen molar-refractivity contribution in [3.8, 4) is 5.75 Å². The molecule has 0 bridgehead atoms. The number of nitro groups is 1. The van der Waals surface area contributed by atoms with Gasteiger partial charge in [-0.2, -0.15) is 0 Å². The van der Waals surface area contributed by atoms with Gasteiger partial charge < -0.3 is 9.47 Å². The lowest BCUT2D eigenvalue weighted by molar-refractivity contribution is -0.384. The smallest absolute Gasteiger partial charge is 0.428 e. The molecule has 0 radical (unpaired) electrons. The summed E-state index contributed by atoms with van der Waals surface area (Å²) in [5.41, 5.74) is -0.683. The minimum Gasteiger partial charge on any atom is -0.428 e. The highest BCUT2D eigenvalue weighted by atomic mass is 16.7. The number of ether oxygens (including phenoxy) is 2. The molecule has 0 aliphatic rings. The quantitative estimate of drug-likeness (QED) is 0.353. The molecule has 0 aromatic heterocycles. The van der Waals surface area contributed by atoms with Gasteiger partial charge in [0, 0.05) is 12.1 Å². The largest absolute Gasteiger partial charge is 0.514 e. The second-order valence-electron chi connectivity index (χ2n) is 5.56. The number of hydrogen-bond acceptors (Lipinski definition) is 5. The van der Waals surface area contributed by atoms with Gasteiger partial charge >= 0.3 is 6.16 Å². The van der Waals surface area contributed by atoms with E-state index in [0.717, 1.165) is 0 Å². The van der Waals surface area contributed by atoms with Crippen molar-refractivity contribution in [2.75, 3.05) is 0 Å². The molecule has 20 heavy (non-hydrogen) atoms. The Balaban J connectivity index is 2.60. The van der Waals surface area contributed by atoms with Crippen molar-refractivity contribution in [3.05, 3.63) is 34.4 Å². The van der Waals surface area contributed by atoms with Crippen molar-refractivity contribution in [1.29, 1.82) is 0 Å². The van der Waals surface area contributed by atoms with Crippen LogP contribution in [0.25, 0.3) is 0 Å². The Kier molecular flexibility index (Phi) is 5.07. The summed E-state index contributed by atoms with van der Waals surface area (Å²) >= 11 is 0. The van der Waals surface area contributed by atoms with Crippen molar-refractivity contribution in [1.82, 2.24) is 0 Å². The number of nitrogens with zero attached hydrogens (tertiary/aromatic N) is 1. The summed E-state index contributed by atoms with van der Waals surface area (Å²) in [5, 5.41) is 10.5. The van der Waals surface area contributed by atoms with Gasteiger partial charge in [0.25, 0.3) is 5.69 Å². The lowest BCUT2D eigenvalue weighted by atomic mass is 9.96. The van der Waals surface area contributed by atoms with Gasteiger partial charge in [-0.1, -0.05) is 13.8 Å². The van der Waals surface area contributed by atoms with Gasteiger partial charge in [-0.05, 0) is 38.3 Å². The first kappa shape index (κ1) is 15.9. The van der Waals surface area contributed by atoms with Gasteiger partial charge in [-0.25, -0.2) is 4.79 Å². The molecule has 0 atom stereocenters. The lowest BCUT2D eigenvalue weighted by Crippen LogP contribution is -2.31. The Morgan fingerprint density at radius 2 is 1.85 bits per heavy atom. The summed E-state index contributed by atoms with van der Waals surface area (Å²) in [7, 11) is 0. The van der Waals surface area contributed by atoms with Crippen LogP contribution in [0.4, 0.5) is 10.5 Å². The molecule has 0 unspecified atom stereocenters. The third-order valence-electron chi connectivity index (χ3n) is 2.51. The van der Waals surface area contributed by atoms with Crippen molar-refractivity contribution < 1.29 is 19.2 Å². The minimum absolute atomic E-state index is 0.0640. The zero-order valence-electron chi connectivity index (χ0n) is 12.1. The highest BCUT2D eigenvalue weighted by Crippen LogP contribution is 2.22. The molecule has 0 N–H and O–H groups in total. The maximum absolute atomic E-state index is 11.7.